The maximum Gasteiger partial charge on any atom is 0.325 e. The minimum Gasteiger partial charge on any atom is -0.347 e. The second kappa shape index (κ2) is 7.32. The van der Waals surface area contributed by atoms with E-state index in [1.165, 1.54) is 0 Å². The lowest BCUT2D eigenvalue weighted by Crippen LogP contribution is -2.45. The highest BCUT2D eigenvalue weighted by Crippen LogP contribution is 2.35. The molecule has 0 atom stereocenters. The monoisotopic (exact) mass is 411 g/mol. The van der Waals surface area contributed by atoms with Crippen molar-refractivity contribution in [3.05, 3.63) is 33.8 Å². The molecule has 0 bridgehead atoms. The van der Waals surface area contributed by atoms with Gasteiger partial charge in [-0.2, -0.15) is 0 Å². The molecule has 4 amide bonds. The predicted molar refractivity (Wildman–Crippen MR) is 104 cm³/mol. The highest BCUT2D eigenvalue weighted by Gasteiger charge is 2.52. The van der Waals surface area contributed by atoms with Crippen LogP contribution < -0.4 is 10.6 Å². The molecule has 6 nitrogen and oxygen atoms in total. The molecule has 1 aromatic carbocycles. The first-order valence-electron chi connectivity index (χ1n) is 9.05. The maximum atomic E-state index is 12.6. The number of carbonyl (C=O) groups excluding carboxylic acids is 3. The molecular weight excluding hydrogens is 389 g/mol. The molecule has 0 aromatic heterocycles. The van der Waals surface area contributed by atoms with Crippen molar-refractivity contribution in [2.24, 2.45) is 0 Å². The first-order chi connectivity index (χ1) is 12.6. The predicted octanol–water partition coefficient (Wildman–Crippen LogP) is 3.60. The third kappa shape index (κ3) is 3.92. The summed E-state index contributed by atoms with van der Waals surface area (Å²) in [7, 11) is 0. The Morgan fingerprint density at radius 2 is 1.89 bits per heavy atom. The van der Waals surface area contributed by atoms with E-state index in [4.69, 9.17) is 23.2 Å². The average Bonchev–Trinajstić information content (AvgIpc) is 3.14. The molecule has 1 aliphatic heterocycles. The minimum absolute atomic E-state index is 0.0417. The van der Waals surface area contributed by atoms with Gasteiger partial charge in [-0.15, -0.1) is 0 Å². The molecule has 0 radical (unpaired) electrons. The third-order valence-corrected chi connectivity index (χ3v) is 6.10. The van der Waals surface area contributed by atoms with Crippen molar-refractivity contribution < 1.29 is 14.4 Å². The second-order valence-corrected chi connectivity index (χ2v) is 8.54. The van der Waals surface area contributed by atoms with Crippen molar-refractivity contribution in [3.8, 4) is 0 Å². The van der Waals surface area contributed by atoms with Gasteiger partial charge in [-0.1, -0.05) is 42.1 Å². The Labute approximate surface area is 168 Å². The Kier molecular flexibility index (Phi) is 5.41. The number of halogens is 2. The summed E-state index contributed by atoms with van der Waals surface area (Å²) in [6, 6.07) is 4.79. The van der Waals surface area contributed by atoms with Gasteiger partial charge in [0.1, 0.15) is 5.54 Å². The lowest BCUT2D eigenvalue weighted by Gasteiger charge is -2.27. The molecule has 2 aliphatic rings. The Hall–Kier alpha value is -1.79. The number of amides is 4. The number of benzene rings is 1. The number of rotatable bonds is 5. The van der Waals surface area contributed by atoms with Crippen LogP contribution >= 0.6 is 23.2 Å². The summed E-state index contributed by atoms with van der Waals surface area (Å²) in [5.41, 5.74) is -0.604. The molecule has 1 saturated heterocycles. The SMILES string of the molecule is CC(C)(NC(=O)CCN1C(=O)NC2(CCCC2)C1=O)c1ccc(Cl)c(Cl)c1. The number of carbonyl (C=O) groups is 3. The van der Waals surface area contributed by atoms with E-state index in [1.807, 2.05) is 13.8 Å². The zero-order chi connectivity index (χ0) is 19.8. The van der Waals surface area contributed by atoms with Gasteiger partial charge in [0.2, 0.25) is 5.91 Å². The fourth-order valence-electron chi connectivity index (χ4n) is 3.78. The zero-order valence-electron chi connectivity index (χ0n) is 15.4. The summed E-state index contributed by atoms with van der Waals surface area (Å²) in [4.78, 5) is 38.4. The molecule has 1 heterocycles. The molecule has 1 spiro atoms. The molecule has 146 valence electrons. The fraction of sp³-hybridized carbons (Fsp3) is 0.526. The van der Waals surface area contributed by atoms with E-state index in [2.05, 4.69) is 10.6 Å². The van der Waals surface area contributed by atoms with Crippen molar-refractivity contribution in [1.29, 1.82) is 0 Å². The van der Waals surface area contributed by atoms with Crippen molar-refractivity contribution in [2.75, 3.05) is 6.54 Å². The molecule has 1 aromatic rings. The number of hydrogen-bond donors (Lipinski definition) is 2. The molecule has 3 rings (SSSR count). The molecule has 2 N–H and O–H groups in total. The summed E-state index contributed by atoms with van der Waals surface area (Å²) in [6.45, 7) is 3.77. The lowest BCUT2D eigenvalue weighted by molar-refractivity contribution is -0.131. The number of nitrogens with zero attached hydrogens (tertiary/aromatic N) is 1. The van der Waals surface area contributed by atoms with E-state index in [9.17, 15) is 14.4 Å². The third-order valence-electron chi connectivity index (χ3n) is 5.36. The Bertz CT molecular complexity index is 788. The van der Waals surface area contributed by atoms with E-state index in [1.54, 1.807) is 18.2 Å². The summed E-state index contributed by atoms with van der Waals surface area (Å²) in [5, 5.41) is 6.60. The number of nitrogens with one attached hydrogen (secondary N) is 2. The molecule has 2 fully saturated rings. The fourth-order valence-corrected chi connectivity index (χ4v) is 4.08. The van der Waals surface area contributed by atoms with Crippen LogP contribution in [0.15, 0.2) is 18.2 Å². The van der Waals surface area contributed by atoms with Gasteiger partial charge < -0.3 is 10.6 Å². The highest BCUT2D eigenvalue weighted by atomic mass is 35.5. The first kappa shape index (κ1) is 20.0. The van der Waals surface area contributed by atoms with Crippen LogP contribution in [0.2, 0.25) is 10.0 Å². The summed E-state index contributed by atoms with van der Waals surface area (Å²) < 4.78 is 0. The lowest BCUT2D eigenvalue weighted by atomic mass is 9.94. The van der Waals surface area contributed by atoms with Crippen molar-refractivity contribution in [1.82, 2.24) is 15.5 Å². The van der Waals surface area contributed by atoms with E-state index >= 15 is 0 Å². The van der Waals surface area contributed by atoms with Crippen LogP contribution in [-0.4, -0.2) is 34.8 Å². The minimum atomic E-state index is -0.743. The van der Waals surface area contributed by atoms with Crippen LogP contribution in [0.5, 0.6) is 0 Å². The van der Waals surface area contributed by atoms with E-state index in [0.717, 1.165) is 23.3 Å². The van der Waals surface area contributed by atoms with Crippen molar-refractivity contribution in [2.45, 2.75) is 57.0 Å². The van der Waals surface area contributed by atoms with E-state index < -0.39 is 17.1 Å². The number of hydrogen-bond acceptors (Lipinski definition) is 3. The Balaban J connectivity index is 1.60. The van der Waals surface area contributed by atoms with Gasteiger partial charge in [0.15, 0.2) is 0 Å². The van der Waals surface area contributed by atoms with Crippen molar-refractivity contribution >= 4 is 41.0 Å². The van der Waals surface area contributed by atoms with Gasteiger partial charge in [-0.05, 0) is 44.4 Å². The van der Waals surface area contributed by atoms with Gasteiger partial charge in [-0.3, -0.25) is 14.5 Å². The Morgan fingerprint density at radius 1 is 1.22 bits per heavy atom. The standard InChI is InChI=1S/C19H23Cl2N3O3/c1-18(2,12-5-6-13(20)14(21)11-12)22-15(25)7-10-24-16(26)19(23-17(24)27)8-3-4-9-19/h5-6,11H,3-4,7-10H2,1-2H3,(H,22,25)(H,23,27). The van der Waals surface area contributed by atoms with E-state index in [0.29, 0.717) is 22.9 Å². The summed E-state index contributed by atoms with van der Waals surface area (Å²) >= 11 is 12.0. The Morgan fingerprint density at radius 3 is 2.52 bits per heavy atom. The van der Waals surface area contributed by atoms with Crippen LogP contribution in [0.4, 0.5) is 4.79 Å². The van der Waals surface area contributed by atoms with Crippen molar-refractivity contribution in [3.63, 3.8) is 0 Å². The second-order valence-electron chi connectivity index (χ2n) is 7.73. The van der Waals surface area contributed by atoms with Crippen LogP contribution in [-0.2, 0) is 15.1 Å². The molecule has 27 heavy (non-hydrogen) atoms. The normalized spacial score (nSPS) is 18.9. The summed E-state index contributed by atoms with van der Waals surface area (Å²) in [5.74, 6) is -0.458. The molecular formula is C19H23Cl2N3O3. The molecule has 1 saturated carbocycles. The van der Waals surface area contributed by atoms with Gasteiger partial charge in [0.05, 0.1) is 15.6 Å². The molecule has 0 unspecified atom stereocenters. The topological polar surface area (TPSA) is 78.5 Å². The van der Waals surface area contributed by atoms with Crippen LogP contribution in [0.3, 0.4) is 0 Å². The van der Waals surface area contributed by atoms with E-state index in [-0.39, 0.29) is 24.8 Å². The van der Waals surface area contributed by atoms with Crippen LogP contribution in [0.1, 0.15) is 51.5 Å². The number of imide groups is 1. The number of urea groups is 1. The maximum absolute atomic E-state index is 12.6. The first-order valence-corrected chi connectivity index (χ1v) is 9.81. The molecule has 8 heteroatoms. The van der Waals surface area contributed by atoms with Crippen LogP contribution in [0, 0.1) is 0 Å². The van der Waals surface area contributed by atoms with Gasteiger partial charge >= 0.3 is 6.03 Å². The largest absolute Gasteiger partial charge is 0.347 e. The summed E-state index contributed by atoms with van der Waals surface area (Å²) in [6.07, 6.45) is 3.24. The molecule has 1 aliphatic carbocycles. The average molecular weight is 412 g/mol. The zero-order valence-corrected chi connectivity index (χ0v) is 16.9. The van der Waals surface area contributed by atoms with Gasteiger partial charge in [-0.25, -0.2) is 4.79 Å². The van der Waals surface area contributed by atoms with Gasteiger partial charge in [0.25, 0.3) is 5.91 Å². The van der Waals surface area contributed by atoms with Gasteiger partial charge in [0, 0.05) is 13.0 Å². The van der Waals surface area contributed by atoms with Crippen LogP contribution in [0.25, 0.3) is 0 Å². The quantitative estimate of drug-likeness (QED) is 0.726. The highest BCUT2D eigenvalue weighted by molar-refractivity contribution is 6.42. The smallest absolute Gasteiger partial charge is 0.325 e.